The van der Waals surface area contributed by atoms with Crippen molar-refractivity contribution < 1.29 is 0 Å². The Hall–Kier alpha value is -7.94. The van der Waals surface area contributed by atoms with Crippen molar-refractivity contribution in [2.45, 2.75) is 0 Å². The first kappa shape index (κ1) is 35.2. The van der Waals surface area contributed by atoms with Crippen LogP contribution in [0.5, 0.6) is 0 Å². The van der Waals surface area contributed by atoms with Crippen molar-refractivity contribution in [3.05, 3.63) is 231 Å². The van der Waals surface area contributed by atoms with Gasteiger partial charge in [-0.05, 0) is 78.8 Å². The van der Waals surface area contributed by atoms with Gasteiger partial charge >= 0.3 is 0 Å². The molecule has 0 bridgehead atoms. The molecule has 0 aliphatic carbocycles. The second-order valence-electron chi connectivity index (χ2n) is 15.2. The molecule has 2 aromatic heterocycles. The smallest absolute Gasteiger partial charge is 0.0788 e. The molecule has 0 N–H and O–H groups in total. The van der Waals surface area contributed by atoms with Gasteiger partial charge in [0.2, 0.25) is 0 Å². The second kappa shape index (κ2) is 15.1. The minimum Gasteiger partial charge on any atom is -0.247 e. The van der Waals surface area contributed by atoms with Gasteiger partial charge in [0.1, 0.15) is 0 Å². The first-order valence-electron chi connectivity index (χ1n) is 20.5. The van der Waals surface area contributed by atoms with Gasteiger partial charge < -0.3 is 0 Å². The van der Waals surface area contributed by atoms with E-state index in [2.05, 4.69) is 224 Å². The maximum Gasteiger partial charge on any atom is 0.0788 e. The Morgan fingerprint density at radius 2 is 0.500 bits per heavy atom. The summed E-state index contributed by atoms with van der Waals surface area (Å²) in [5.41, 5.74) is 15.2. The lowest BCUT2D eigenvalue weighted by atomic mass is 9.83. The molecule has 0 unspecified atom stereocenters. The van der Waals surface area contributed by atoms with Crippen LogP contribution in [0.25, 0.3) is 111 Å². The van der Waals surface area contributed by atoms with E-state index in [4.69, 9.17) is 9.97 Å². The first-order valence-corrected chi connectivity index (χ1v) is 20.5. The molecule has 0 aliphatic heterocycles. The fraction of sp³-hybridized carbons (Fsp3) is 0. The number of benzene rings is 9. The SMILES string of the molecule is c1ccc(-c2ccc(-c3ccc(-c4c5ccccc5c(-c5ccc(-c6ccccc6)nc5-c5ccccc5)c5ccccc45)c4ccccc34)c(-c3ccccc3)n2)cc1. The monoisotopic (exact) mass is 762 g/mol. The van der Waals surface area contributed by atoms with Crippen molar-refractivity contribution in [2.24, 2.45) is 0 Å². The molecule has 0 saturated carbocycles. The number of hydrogen-bond donors (Lipinski definition) is 0. The lowest BCUT2D eigenvalue weighted by Crippen LogP contribution is -1.97. The Balaban J connectivity index is 1.15. The molecular formula is C58H38N2. The van der Waals surface area contributed by atoms with E-state index in [1.54, 1.807) is 0 Å². The lowest BCUT2D eigenvalue weighted by molar-refractivity contribution is 1.32. The summed E-state index contributed by atoms with van der Waals surface area (Å²) in [6.45, 7) is 0. The van der Waals surface area contributed by atoms with Gasteiger partial charge in [0.25, 0.3) is 0 Å². The van der Waals surface area contributed by atoms with E-state index in [0.717, 1.165) is 61.7 Å². The predicted octanol–water partition coefficient (Wildman–Crippen LogP) is 15.6. The molecule has 0 amide bonds. The highest BCUT2D eigenvalue weighted by atomic mass is 14.7. The molecule has 2 nitrogen and oxygen atoms in total. The Morgan fingerprint density at radius 3 is 0.950 bits per heavy atom. The summed E-state index contributed by atoms with van der Waals surface area (Å²) in [6, 6.07) is 82.2. The Kier molecular flexibility index (Phi) is 8.87. The van der Waals surface area contributed by atoms with Crippen LogP contribution in [0.2, 0.25) is 0 Å². The average molecular weight is 763 g/mol. The maximum absolute atomic E-state index is 5.41. The molecule has 0 spiro atoms. The third-order valence-corrected chi connectivity index (χ3v) is 11.7. The van der Waals surface area contributed by atoms with Crippen molar-refractivity contribution in [1.82, 2.24) is 9.97 Å². The zero-order chi connectivity index (χ0) is 39.8. The molecule has 0 saturated heterocycles. The van der Waals surface area contributed by atoms with E-state index in [1.807, 2.05) is 6.07 Å². The molecule has 0 aliphatic rings. The fourth-order valence-electron chi connectivity index (χ4n) is 8.97. The van der Waals surface area contributed by atoms with E-state index in [0.29, 0.717) is 0 Å². The summed E-state index contributed by atoms with van der Waals surface area (Å²) in [4.78, 5) is 10.8. The van der Waals surface area contributed by atoms with Gasteiger partial charge in [0.05, 0.1) is 22.8 Å². The van der Waals surface area contributed by atoms with Gasteiger partial charge in [-0.15, -0.1) is 0 Å². The first-order chi connectivity index (χ1) is 29.8. The average Bonchev–Trinajstić information content (AvgIpc) is 3.34. The van der Waals surface area contributed by atoms with Crippen LogP contribution < -0.4 is 0 Å². The lowest BCUT2D eigenvalue weighted by Gasteiger charge is -2.21. The fourth-order valence-corrected chi connectivity index (χ4v) is 8.97. The molecular weight excluding hydrogens is 725 g/mol. The molecule has 0 fully saturated rings. The van der Waals surface area contributed by atoms with E-state index >= 15 is 0 Å². The molecule has 60 heavy (non-hydrogen) atoms. The van der Waals surface area contributed by atoms with Crippen LogP contribution >= 0.6 is 0 Å². The third kappa shape index (κ3) is 6.14. The normalized spacial score (nSPS) is 11.3. The molecule has 11 rings (SSSR count). The Bertz CT molecular complexity index is 3280. The summed E-state index contributed by atoms with van der Waals surface area (Å²) in [5.74, 6) is 0. The zero-order valence-corrected chi connectivity index (χ0v) is 32.8. The summed E-state index contributed by atoms with van der Waals surface area (Å²) in [7, 11) is 0. The second-order valence-corrected chi connectivity index (χ2v) is 15.2. The molecule has 0 atom stereocenters. The largest absolute Gasteiger partial charge is 0.247 e. The Labute approximate surface area is 349 Å². The summed E-state index contributed by atoms with van der Waals surface area (Å²) >= 11 is 0. The van der Waals surface area contributed by atoms with Gasteiger partial charge in [0.15, 0.2) is 0 Å². The van der Waals surface area contributed by atoms with Gasteiger partial charge in [-0.3, -0.25) is 0 Å². The highest BCUT2D eigenvalue weighted by Crippen LogP contribution is 2.48. The Morgan fingerprint density at radius 1 is 0.200 bits per heavy atom. The summed E-state index contributed by atoms with van der Waals surface area (Å²) < 4.78 is 0. The zero-order valence-electron chi connectivity index (χ0n) is 32.8. The number of rotatable bonds is 7. The van der Waals surface area contributed by atoms with Crippen molar-refractivity contribution >= 4 is 32.3 Å². The van der Waals surface area contributed by atoms with E-state index in [-0.39, 0.29) is 0 Å². The number of fused-ring (bicyclic) bond motifs is 3. The van der Waals surface area contributed by atoms with Crippen LogP contribution in [0.1, 0.15) is 0 Å². The quantitative estimate of drug-likeness (QED) is 0.151. The number of nitrogens with zero attached hydrogens (tertiary/aromatic N) is 2. The van der Waals surface area contributed by atoms with Crippen molar-refractivity contribution in [1.29, 1.82) is 0 Å². The summed E-state index contributed by atoms with van der Waals surface area (Å²) in [5, 5.41) is 7.17. The van der Waals surface area contributed by atoms with Crippen LogP contribution in [0.4, 0.5) is 0 Å². The van der Waals surface area contributed by atoms with Gasteiger partial charge in [-0.2, -0.15) is 0 Å². The number of aromatic nitrogens is 2. The van der Waals surface area contributed by atoms with E-state index < -0.39 is 0 Å². The van der Waals surface area contributed by atoms with Gasteiger partial charge in [-0.1, -0.05) is 206 Å². The van der Waals surface area contributed by atoms with Crippen molar-refractivity contribution in [2.75, 3.05) is 0 Å². The number of pyridine rings is 2. The predicted molar refractivity (Wildman–Crippen MR) is 253 cm³/mol. The van der Waals surface area contributed by atoms with Gasteiger partial charge in [-0.25, -0.2) is 9.97 Å². The van der Waals surface area contributed by atoms with E-state index in [9.17, 15) is 0 Å². The minimum atomic E-state index is 0.954. The molecule has 9 aromatic carbocycles. The molecule has 11 aromatic rings. The van der Waals surface area contributed by atoms with Gasteiger partial charge in [0, 0.05) is 33.4 Å². The van der Waals surface area contributed by atoms with Crippen LogP contribution in [-0.2, 0) is 0 Å². The highest BCUT2D eigenvalue weighted by molar-refractivity contribution is 6.25. The molecule has 2 heteroatoms. The topological polar surface area (TPSA) is 25.8 Å². The number of hydrogen-bond acceptors (Lipinski definition) is 2. The van der Waals surface area contributed by atoms with Crippen LogP contribution in [-0.4, -0.2) is 9.97 Å². The van der Waals surface area contributed by atoms with Crippen molar-refractivity contribution in [3.63, 3.8) is 0 Å². The van der Waals surface area contributed by atoms with Crippen molar-refractivity contribution in [3.8, 4) is 78.4 Å². The maximum atomic E-state index is 5.41. The summed E-state index contributed by atoms with van der Waals surface area (Å²) in [6.07, 6.45) is 0. The van der Waals surface area contributed by atoms with Crippen LogP contribution in [0, 0.1) is 0 Å². The van der Waals surface area contributed by atoms with Crippen LogP contribution in [0.3, 0.4) is 0 Å². The third-order valence-electron chi connectivity index (χ3n) is 11.7. The molecule has 0 radical (unpaired) electrons. The van der Waals surface area contributed by atoms with E-state index in [1.165, 1.54) is 49.0 Å². The van der Waals surface area contributed by atoms with Crippen LogP contribution in [0.15, 0.2) is 231 Å². The minimum absolute atomic E-state index is 0.954. The highest BCUT2D eigenvalue weighted by Gasteiger charge is 2.22. The molecule has 280 valence electrons. The standard InChI is InChI=1S/C58H38N2/c1-5-19-39(20-6-1)53-37-35-51(57(59-53)41-23-9-3-10-24-41)45-33-34-50(44-28-14-13-27-43(44)45)55-46-29-15-17-31-48(46)56(49-32-18-16-30-47(49)55)52-36-38-54(40-21-7-2-8-22-40)60-58(52)42-25-11-4-12-26-42/h1-38H. The molecule has 2 heterocycles.